The summed E-state index contributed by atoms with van der Waals surface area (Å²) >= 11 is 0. The molecular weight excluding hydrogens is 294 g/mol. The molecule has 0 aliphatic rings. The van der Waals surface area contributed by atoms with Gasteiger partial charge in [-0.3, -0.25) is 9.89 Å². The highest BCUT2D eigenvalue weighted by Crippen LogP contribution is 2.17. The first kappa shape index (κ1) is 14.6. The fraction of sp³-hybridized carbons (Fsp3) is 0.0625. The van der Waals surface area contributed by atoms with E-state index < -0.39 is 5.91 Å². The number of nitrogens with zero attached hydrogens (tertiary/aromatic N) is 3. The van der Waals surface area contributed by atoms with Crippen molar-refractivity contribution in [2.75, 3.05) is 0 Å². The number of phenolic OH excluding ortho intramolecular Hbond substituents is 1. The molecular formula is C16H15N5O2. The summed E-state index contributed by atoms with van der Waals surface area (Å²) in [5.74, 6) is -0.317. The Morgan fingerprint density at radius 1 is 1.35 bits per heavy atom. The van der Waals surface area contributed by atoms with E-state index >= 15 is 0 Å². The minimum Gasteiger partial charge on any atom is -0.507 e. The van der Waals surface area contributed by atoms with Gasteiger partial charge in [-0.1, -0.05) is 12.1 Å². The maximum absolute atomic E-state index is 12.0. The van der Waals surface area contributed by atoms with E-state index in [4.69, 9.17) is 0 Å². The second-order valence-electron chi connectivity index (χ2n) is 4.93. The van der Waals surface area contributed by atoms with Gasteiger partial charge in [0.15, 0.2) is 0 Å². The van der Waals surface area contributed by atoms with Crippen LogP contribution in [0.3, 0.4) is 0 Å². The van der Waals surface area contributed by atoms with Gasteiger partial charge in [-0.25, -0.2) is 5.43 Å². The van der Waals surface area contributed by atoms with E-state index in [1.165, 1.54) is 6.21 Å². The maximum Gasteiger partial charge on any atom is 0.289 e. The van der Waals surface area contributed by atoms with Crippen molar-refractivity contribution in [1.29, 1.82) is 0 Å². The Balaban J connectivity index is 1.69. The van der Waals surface area contributed by atoms with Crippen molar-refractivity contribution < 1.29 is 9.90 Å². The molecule has 0 saturated heterocycles. The second-order valence-corrected chi connectivity index (χ2v) is 4.93. The lowest BCUT2D eigenvalue weighted by atomic mass is 10.2. The number of aromatic nitrogens is 3. The summed E-state index contributed by atoms with van der Waals surface area (Å²) < 4.78 is 1.91. The average molecular weight is 309 g/mol. The Morgan fingerprint density at radius 2 is 2.17 bits per heavy atom. The third kappa shape index (κ3) is 3.13. The van der Waals surface area contributed by atoms with Gasteiger partial charge in [0.25, 0.3) is 5.91 Å². The fourth-order valence-electron chi connectivity index (χ4n) is 2.11. The number of hydrazone groups is 1. The molecule has 7 heteroatoms. The highest BCUT2D eigenvalue weighted by Gasteiger charge is 2.11. The van der Waals surface area contributed by atoms with Crippen LogP contribution in [0.5, 0.6) is 5.75 Å². The van der Waals surface area contributed by atoms with Crippen LogP contribution in [-0.4, -0.2) is 32.0 Å². The molecule has 0 aliphatic carbocycles. The van der Waals surface area contributed by atoms with E-state index in [0.717, 1.165) is 5.69 Å². The topological polar surface area (TPSA) is 95.3 Å². The van der Waals surface area contributed by atoms with Crippen molar-refractivity contribution in [3.63, 3.8) is 0 Å². The van der Waals surface area contributed by atoms with Gasteiger partial charge in [-0.2, -0.15) is 10.2 Å². The number of rotatable bonds is 4. The van der Waals surface area contributed by atoms with Crippen LogP contribution < -0.4 is 5.43 Å². The van der Waals surface area contributed by atoms with E-state index in [9.17, 15) is 9.90 Å². The van der Waals surface area contributed by atoms with E-state index in [1.807, 2.05) is 29.9 Å². The number of phenols is 1. The normalized spacial score (nSPS) is 11.0. The Hall–Kier alpha value is -3.35. The molecule has 23 heavy (non-hydrogen) atoms. The maximum atomic E-state index is 12.0. The second kappa shape index (κ2) is 6.18. The number of aromatic amines is 1. The lowest BCUT2D eigenvalue weighted by Crippen LogP contribution is -2.18. The molecule has 2 aromatic heterocycles. The number of nitrogens with one attached hydrogen (secondary N) is 2. The summed E-state index contributed by atoms with van der Waals surface area (Å²) in [6.45, 7) is 0. The first-order valence-electron chi connectivity index (χ1n) is 6.93. The van der Waals surface area contributed by atoms with E-state index in [2.05, 4.69) is 20.7 Å². The molecule has 0 fully saturated rings. The van der Waals surface area contributed by atoms with Crippen LogP contribution in [0.1, 0.15) is 16.1 Å². The number of hydrogen-bond acceptors (Lipinski definition) is 4. The Morgan fingerprint density at radius 3 is 2.91 bits per heavy atom. The third-order valence-electron chi connectivity index (χ3n) is 3.34. The van der Waals surface area contributed by atoms with Crippen LogP contribution in [0, 0.1) is 0 Å². The minimum atomic E-state index is -0.412. The molecule has 3 rings (SSSR count). The number of hydrogen-bond donors (Lipinski definition) is 3. The summed E-state index contributed by atoms with van der Waals surface area (Å²) in [7, 11) is 1.90. The van der Waals surface area contributed by atoms with Crippen LogP contribution in [0.2, 0.25) is 0 Å². The Kier molecular flexibility index (Phi) is 3.92. The smallest absolute Gasteiger partial charge is 0.289 e. The molecule has 3 aromatic rings. The van der Waals surface area contributed by atoms with Crippen LogP contribution in [-0.2, 0) is 7.05 Å². The predicted octanol–water partition coefficient (Wildman–Crippen LogP) is 1.88. The molecule has 2 heterocycles. The number of para-hydroxylation sites is 1. The van der Waals surface area contributed by atoms with Crippen molar-refractivity contribution in [2.24, 2.45) is 12.1 Å². The highest BCUT2D eigenvalue weighted by molar-refractivity contribution is 5.94. The molecule has 7 nitrogen and oxygen atoms in total. The first-order chi connectivity index (χ1) is 11.1. The zero-order chi connectivity index (χ0) is 16.2. The van der Waals surface area contributed by atoms with Gasteiger partial charge in [0.05, 0.1) is 11.9 Å². The van der Waals surface area contributed by atoms with Gasteiger partial charge in [0.1, 0.15) is 17.1 Å². The van der Waals surface area contributed by atoms with E-state index in [-0.39, 0.29) is 5.75 Å². The molecule has 1 aromatic carbocycles. The van der Waals surface area contributed by atoms with Crippen molar-refractivity contribution in [3.8, 4) is 17.1 Å². The number of aryl methyl sites for hydroxylation is 1. The van der Waals surface area contributed by atoms with Crippen molar-refractivity contribution in [2.45, 2.75) is 0 Å². The van der Waals surface area contributed by atoms with Crippen LogP contribution in [0.4, 0.5) is 0 Å². The SMILES string of the molecule is Cn1cccc1-c1cc(C(=O)N/N=C\c2ccccc2O)[nH]n1. The number of benzene rings is 1. The minimum absolute atomic E-state index is 0.0954. The monoisotopic (exact) mass is 309 g/mol. The van der Waals surface area contributed by atoms with Crippen molar-refractivity contribution >= 4 is 12.1 Å². The summed E-state index contributed by atoms with van der Waals surface area (Å²) in [5.41, 5.74) is 4.78. The van der Waals surface area contributed by atoms with Gasteiger partial charge in [-0.05, 0) is 30.3 Å². The molecule has 0 aliphatic heterocycles. The van der Waals surface area contributed by atoms with E-state index in [1.54, 1.807) is 30.3 Å². The molecule has 0 radical (unpaired) electrons. The Labute approximate surface area is 132 Å². The van der Waals surface area contributed by atoms with Crippen molar-refractivity contribution in [1.82, 2.24) is 20.2 Å². The molecule has 0 atom stereocenters. The van der Waals surface area contributed by atoms with Gasteiger partial charge < -0.3 is 9.67 Å². The van der Waals surface area contributed by atoms with Gasteiger partial charge in [0, 0.05) is 18.8 Å². The van der Waals surface area contributed by atoms with E-state index in [0.29, 0.717) is 17.0 Å². The molecule has 0 unspecified atom stereocenters. The van der Waals surface area contributed by atoms with Gasteiger partial charge in [-0.15, -0.1) is 0 Å². The molecule has 116 valence electrons. The summed E-state index contributed by atoms with van der Waals surface area (Å²) in [5, 5.41) is 20.2. The number of carbonyl (C=O) groups is 1. The number of H-pyrrole nitrogens is 1. The average Bonchev–Trinajstić information content (AvgIpc) is 3.17. The highest BCUT2D eigenvalue weighted by atomic mass is 16.3. The van der Waals surface area contributed by atoms with Gasteiger partial charge >= 0.3 is 0 Å². The number of amides is 1. The molecule has 0 spiro atoms. The van der Waals surface area contributed by atoms with Crippen LogP contribution in [0.25, 0.3) is 11.4 Å². The third-order valence-corrected chi connectivity index (χ3v) is 3.34. The molecule has 3 N–H and O–H groups in total. The lowest BCUT2D eigenvalue weighted by molar-refractivity contribution is 0.0950. The first-order valence-corrected chi connectivity index (χ1v) is 6.93. The largest absolute Gasteiger partial charge is 0.507 e. The zero-order valence-corrected chi connectivity index (χ0v) is 12.4. The lowest BCUT2D eigenvalue weighted by Gasteiger charge is -1.98. The summed E-state index contributed by atoms with van der Waals surface area (Å²) in [4.78, 5) is 12.0. The summed E-state index contributed by atoms with van der Waals surface area (Å²) in [6.07, 6.45) is 3.28. The zero-order valence-electron chi connectivity index (χ0n) is 12.4. The van der Waals surface area contributed by atoms with Crippen LogP contribution >= 0.6 is 0 Å². The summed E-state index contributed by atoms with van der Waals surface area (Å²) in [6, 6.07) is 12.2. The van der Waals surface area contributed by atoms with Crippen molar-refractivity contribution in [3.05, 3.63) is 59.9 Å². The Bertz CT molecular complexity index is 863. The standard InChI is InChI=1S/C16H15N5O2/c1-21-8-4-6-14(21)12-9-13(19-18-12)16(23)20-17-10-11-5-2-3-7-15(11)22/h2-10,22H,1H3,(H,18,19)(H,20,23)/b17-10-. The predicted molar refractivity (Wildman–Crippen MR) is 86.2 cm³/mol. The fourth-order valence-corrected chi connectivity index (χ4v) is 2.11. The van der Waals surface area contributed by atoms with Gasteiger partial charge in [0.2, 0.25) is 0 Å². The molecule has 1 amide bonds. The number of carbonyl (C=O) groups excluding carboxylic acids is 1. The molecule has 0 bridgehead atoms. The molecule has 0 saturated carbocycles. The quantitative estimate of drug-likeness (QED) is 0.507. The van der Waals surface area contributed by atoms with Crippen LogP contribution in [0.15, 0.2) is 53.8 Å². The number of aromatic hydroxyl groups is 1.